The molecule has 0 aromatic carbocycles. The van der Waals surface area contributed by atoms with Crippen molar-refractivity contribution < 1.29 is 0 Å². The van der Waals surface area contributed by atoms with E-state index in [2.05, 4.69) is 160 Å². The first-order valence-corrected chi connectivity index (χ1v) is 47.9. The molecule has 35 heteroatoms. The van der Waals surface area contributed by atoms with E-state index in [-0.39, 0.29) is 56.2 Å². The summed E-state index contributed by atoms with van der Waals surface area (Å²) in [5.74, 6) is 4.24. The standard InChI is InChI=1S/C21H37N5O2.2C19H33N5O2.C18H31N5O2.C17H29N5O2/c1-6-9-13-25(14-10-7-2)15-11-12-16-26-17(8-3)22-19-18(26)20(27)24(5)21(28)23(19)4;1-8-15-20-17-16(18(25)22(7)19(26)21(17)6)24(15)12-10-9-11-23(13(2)3)14(4)5;1-6-11-23(12-7-2)13-9-10-14-24-15(8-3)20-17-16(24)18(25)22(5)19(26)21(17)4;1-8-14-19-16-15(17(24)21(7)18(25)20(16)6)23(14)11-9-10-22(12(2)3)13(4)5;1-11(2)21(12(3)4)9-8-10-22-13(5)18-15-14(22)16(23)20(7)17(24)19(15)6/h6-16H2,1-5H3;13-14H,8-12H2,1-7H3;6-14H2,1-5H3;12-13H,8-11H2,1-7H3;11-12H,8-10H2,1-7H3. The summed E-state index contributed by atoms with van der Waals surface area (Å²) in [5, 5.41) is 0. The van der Waals surface area contributed by atoms with Crippen LogP contribution in [0.25, 0.3) is 55.8 Å². The van der Waals surface area contributed by atoms with Crippen LogP contribution in [0.15, 0.2) is 47.9 Å². The van der Waals surface area contributed by atoms with E-state index in [4.69, 9.17) is 0 Å². The van der Waals surface area contributed by atoms with Crippen LogP contribution in [0.5, 0.6) is 0 Å². The lowest BCUT2D eigenvalue weighted by Crippen LogP contribution is -2.38. The highest BCUT2D eigenvalue weighted by molar-refractivity contribution is 5.74. The topological polar surface area (TPSA) is 325 Å². The monoisotopic (exact) mass is 1800 g/mol. The lowest BCUT2D eigenvalue weighted by molar-refractivity contribution is 0.170. The Morgan fingerprint density at radius 2 is 0.434 bits per heavy atom. The minimum Gasteiger partial charge on any atom is -0.322 e. The predicted molar refractivity (Wildman–Crippen MR) is 524 cm³/mol. The smallest absolute Gasteiger partial charge is 0.322 e. The molecule has 0 N–H and O–H groups in total. The summed E-state index contributed by atoms with van der Waals surface area (Å²) in [5.41, 5.74) is 2.11. The van der Waals surface area contributed by atoms with Crippen LogP contribution in [0.3, 0.4) is 0 Å². The maximum absolute atomic E-state index is 12.7. The molecule has 10 heterocycles. The van der Waals surface area contributed by atoms with Gasteiger partial charge in [-0.2, -0.15) is 0 Å². The van der Waals surface area contributed by atoms with Crippen LogP contribution in [0.2, 0.25) is 0 Å². The number of hydrogen-bond acceptors (Lipinski definition) is 20. The van der Waals surface area contributed by atoms with Crippen LogP contribution < -0.4 is 56.2 Å². The maximum atomic E-state index is 12.7. The Morgan fingerprint density at radius 3 is 0.667 bits per heavy atom. The van der Waals surface area contributed by atoms with Gasteiger partial charge in [-0.25, -0.2) is 48.9 Å². The van der Waals surface area contributed by atoms with E-state index >= 15 is 0 Å². The van der Waals surface area contributed by atoms with Crippen LogP contribution in [0, 0.1) is 6.92 Å². The third-order valence-electron chi connectivity index (χ3n) is 25.1. The Morgan fingerprint density at radius 1 is 0.233 bits per heavy atom. The SMILES string of the molecule is CCCCN(CCCC)CCCCn1c(CC)nc2c1c(=O)n(C)c(=O)n2C.CCCN(CCC)CCCCn1c(CC)nc2c1c(=O)n(C)c(=O)n2C.CCc1nc2c(c(=O)n(C)c(=O)n2C)n1CCCCN(C(C)C)C(C)C.CCc1nc2c(c(=O)n(C)c(=O)n2C)n1CCCN(C(C)C)C(C)C.Cc1nc2c(c(=O)n(C)c(=O)n2C)n1CCCN(C(C)C)C(C)C. The van der Waals surface area contributed by atoms with Gasteiger partial charge >= 0.3 is 28.4 Å². The summed E-state index contributed by atoms with van der Waals surface area (Å²) in [4.78, 5) is 159. The molecule has 0 amide bonds. The first-order valence-electron chi connectivity index (χ1n) is 47.9. The molecule has 10 rings (SSSR count). The molecule has 0 fully saturated rings. The van der Waals surface area contributed by atoms with Crippen molar-refractivity contribution in [3.63, 3.8) is 0 Å². The Bertz CT molecular complexity index is 5930. The van der Waals surface area contributed by atoms with Crippen LogP contribution in [-0.2, 0) is 129 Å². The summed E-state index contributed by atoms with van der Waals surface area (Å²) in [6.45, 7) is 58.9. The van der Waals surface area contributed by atoms with Crippen molar-refractivity contribution in [1.29, 1.82) is 0 Å². The first-order chi connectivity index (χ1) is 61.0. The second kappa shape index (κ2) is 50.3. The average Bonchev–Trinajstić information content (AvgIpc) is 1.64. The maximum Gasteiger partial charge on any atom is 0.332 e. The Balaban J connectivity index is 0.000000249. The van der Waals surface area contributed by atoms with E-state index in [1.807, 2.05) is 57.5 Å². The fraction of sp³-hybridized carbons (Fsp3) is 0.734. The summed E-state index contributed by atoms with van der Waals surface area (Å²) in [6, 6.07) is 2.99. The Labute approximate surface area is 762 Å². The van der Waals surface area contributed by atoms with Gasteiger partial charge in [0.05, 0.1) is 0 Å². The zero-order valence-electron chi connectivity index (χ0n) is 84.9. The molecule has 10 aromatic heterocycles. The molecule has 0 spiro atoms. The molecule has 0 radical (unpaired) electrons. The van der Waals surface area contributed by atoms with E-state index in [1.54, 1.807) is 35.2 Å². The van der Waals surface area contributed by atoms with Gasteiger partial charge in [0.1, 0.15) is 29.1 Å². The summed E-state index contributed by atoms with van der Waals surface area (Å²) < 4.78 is 23.1. The number of aromatic nitrogens is 20. The Kier molecular flexibility index (Phi) is 42.2. The zero-order valence-corrected chi connectivity index (χ0v) is 84.9. The molecule has 0 bridgehead atoms. The normalized spacial score (nSPS) is 12.0. The molecule has 0 aliphatic rings. The van der Waals surface area contributed by atoms with Crippen molar-refractivity contribution >= 4 is 55.8 Å². The quantitative estimate of drug-likeness (QED) is 0.0321. The molecule has 129 heavy (non-hydrogen) atoms. The van der Waals surface area contributed by atoms with Gasteiger partial charge in [0.25, 0.3) is 27.8 Å². The number of imidazole rings is 5. The van der Waals surface area contributed by atoms with Crippen molar-refractivity contribution in [1.82, 2.24) is 118 Å². The minimum atomic E-state index is -0.344. The second-order valence-electron chi connectivity index (χ2n) is 36.3. The van der Waals surface area contributed by atoms with Crippen LogP contribution >= 0.6 is 0 Å². The zero-order chi connectivity index (χ0) is 96.6. The highest BCUT2D eigenvalue weighted by Gasteiger charge is 2.26. The summed E-state index contributed by atoms with van der Waals surface area (Å²) in [7, 11) is 16.0. The minimum absolute atomic E-state index is 0.252. The fourth-order valence-electron chi connectivity index (χ4n) is 17.8. The van der Waals surface area contributed by atoms with Gasteiger partial charge in [-0.3, -0.25) is 84.3 Å². The molecular weight excluding hydrogens is 1640 g/mol. The fourth-order valence-corrected chi connectivity index (χ4v) is 17.8. The van der Waals surface area contributed by atoms with E-state index in [0.717, 1.165) is 187 Å². The largest absolute Gasteiger partial charge is 0.332 e. The molecule has 10 aromatic rings. The van der Waals surface area contributed by atoms with E-state index in [0.29, 0.717) is 98.6 Å². The van der Waals surface area contributed by atoms with Crippen LogP contribution in [0.4, 0.5) is 0 Å². The Hall–Kier alpha value is -9.45. The van der Waals surface area contributed by atoms with Gasteiger partial charge in [-0.1, -0.05) is 68.2 Å². The summed E-state index contributed by atoms with van der Waals surface area (Å²) >= 11 is 0. The molecule has 0 atom stereocenters. The average molecular weight is 1800 g/mol. The van der Waals surface area contributed by atoms with Crippen LogP contribution in [-0.4, -0.2) is 213 Å². The van der Waals surface area contributed by atoms with Crippen molar-refractivity contribution in [2.45, 2.75) is 330 Å². The van der Waals surface area contributed by atoms with Crippen molar-refractivity contribution in [2.75, 3.05) is 58.9 Å². The van der Waals surface area contributed by atoms with Crippen molar-refractivity contribution in [3.8, 4) is 0 Å². The molecule has 0 saturated carbocycles. The lowest BCUT2D eigenvalue weighted by atomic mass is 10.2. The van der Waals surface area contributed by atoms with Gasteiger partial charge in [0.2, 0.25) is 0 Å². The van der Waals surface area contributed by atoms with Crippen LogP contribution in [0.1, 0.15) is 257 Å². The van der Waals surface area contributed by atoms with Gasteiger partial charge in [0, 0.05) is 178 Å². The van der Waals surface area contributed by atoms with Gasteiger partial charge in [0.15, 0.2) is 55.8 Å². The van der Waals surface area contributed by atoms with Gasteiger partial charge in [-0.05, 0) is 213 Å². The molecule has 0 aliphatic carbocycles. The summed E-state index contributed by atoms with van der Waals surface area (Å²) in [6.07, 6.45) is 18.3. The highest BCUT2D eigenvalue weighted by atomic mass is 16.2. The van der Waals surface area contributed by atoms with Gasteiger partial charge < -0.3 is 32.6 Å². The number of hydrogen-bond donors (Lipinski definition) is 0. The highest BCUT2D eigenvalue weighted by Crippen LogP contribution is 2.21. The number of rotatable bonds is 43. The molecule has 0 unspecified atom stereocenters. The molecule has 0 saturated heterocycles. The molecule has 0 aliphatic heterocycles. The van der Waals surface area contributed by atoms with Crippen molar-refractivity contribution in [3.05, 3.63) is 133 Å². The first kappa shape index (κ1) is 108. The van der Waals surface area contributed by atoms with E-state index < -0.39 is 0 Å². The number of nitrogens with zero attached hydrogens (tertiary/aromatic N) is 25. The third kappa shape index (κ3) is 25.9. The number of unbranched alkanes of at least 4 members (excludes halogenated alkanes) is 5. The second-order valence-corrected chi connectivity index (χ2v) is 36.3. The predicted octanol–water partition coefficient (Wildman–Crippen LogP) is 9.23. The van der Waals surface area contributed by atoms with E-state index in [9.17, 15) is 47.9 Å². The molecule has 35 nitrogen and oxygen atoms in total. The van der Waals surface area contributed by atoms with E-state index in [1.165, 1.54) is 123 Å². The molecular formula is C94H163N25O10. The lowest BCUT2D eigenvalue weighted by Gasteiger charge is -2.30. The number of aryl methyl sites for hydroxylation is 15. The van der Waals surface area contributed by atoms with Crippen molar-refractivity contribution in [2.24, 2.45) is 70.5 Å². The number of fused-ring (bicyclic) bond motifs is 5. The third-order valence-corrected chi connectivity index (χ3v) is 25.1. The molecule has 724 valence electrons. The van der Waals surface area contributed by atoms with Gasteiger partial charge in [-0.15, -0.1) is 0 Å².